The van der Waals surface area contributed by atoms with E-state index in [1.165, 1.54) is 24.3 Å². The predicted octanol–water partition coefficient (Wildman–Crippen LogP) is 3.56. The van der Waals surface area contributed by atoms with E-state index in [-0.39, 0.29) is 29.4 Å². The lowest BCUT2D eigenvalue weighted by atomic mass is 9.90. The third kappa shape index (κ3) is 4.23. The van der Waals surface area contributed by atoms with Crippen molar-refractivity contribution in [2.24, 2.45) is 0 Å². The van der Waals surface area contributed by atoms with Crippen molar-refractivity contribution in [3.05, 3.63) is 77.6 Å². The van der Waals surface area contributed by atoms with Crippen molar-refractivity contribution in [3.8, 4) is 11.1 Å². The molecule has 2 aromatic carbocycles. The zero-order valence-electron chi connectivity index (χ0n) is 15.7. The molecule has 1 aliphatic rings. The Balaban J connectivity index is 1.41. The van der Waals surface area contributed by atoms with E-state index in [1.54, 1.807) is 35.4 Å². The first-order chi connectivity index (χ1) is 14.0. The number of nitrogens with two attached hydrogens (primary N) is 1. The van der Waals surface area contributed by atoms with Crippen LogP contribution in [0, 0.1) is 11.6 Å². The van der Waals surface area contributed by atoms with E-state index in [2.05, 4.69) is 9.97 Å². The highest BCUT2D eigenvalue weighted by Crippen LogP contribution is 2.34. The Labute approximate surface area is 167 Å². The topological polar surface area (TPSA) is 72.1 Å². The van der Waals surface area contributed by atoms with Crippen LogP contribution in [-0.4, -0.2) is 33.9 Å². The molecule has 1 fully saturated rings. The molecule has 0 spiro atoms. The van der Waals surface area contributed by atoms with Crippen molar-refractivity contribution in [2.45, 2.75) is 18.8 Å². The summed E-state index contributed by atoms with van der Waals surface area (Å²) in [5.74, 6) is -0.321. The number of hydrogen-bond donors (Lipinski definition) is 1. The minimum Gasteiger partial charge on any atom is -0.368 e. The van der Waals surface area contributed by atoms with E-state index < -0.39 is 0 Å². The first-order valence-corrected chi connectivity index (χ1v) is 9.40. The number of carbonyl (C=O) groups excluding carboxylic acids is 1. The molecular weight excluding hydrogens is 374 g/mol. The Kier molecular flexibility index (Phi) is 5.20. The number of carbonyl (C=O) groups is 1. The molecule has 1 saturated heterocycles. The number of rotatable bonds is 5. The summed E-state index contributed by atoms with van der Waals surface area (Å²) in [5, 5.41) is 0. The van der Waals surface area contributed by atoms with Crippen LogP contribution in [0.5, 0.6) is 0 Å². The maximum absolute atomic E-state index is 13.2. The fourth-order valence-electron chi connectivity index (χ4n) is 3.49. The SMILES string of the molecule is Nc1ncc(-c2ccc(F)cc2)c(C2CN(C(=O)CCc3ccc(F)cc3)C2)n1. The summed E-state index contributed by atoms with van der Waals surface area (Å²) in [6.07, 6.45) is 2.58. The molecule has 1 amide bonds. The number of likely N-dealkylation sites (tertiary alicyclic amines) is 1. The number of hydrogen-bond acceptors (Lipinski definition) is 4. The van der Waals surface area contributed by atoms with E-state index in [1.807, 2.05) is 0 Å². The van der Waals surface area contributed by atoms with Crippen LogP contribution >= 0.6 is 0 Å². The molecule has 0 aliphatic carbocycles. The van der Waals surface area contributed by atoms with E-state index >= 15 is 0 Å². The third-order valence-electron chi connectivity index (χ3n) is 5.15. The lowest BCUT2D eigenvalue weighted by Crippen LogP contribution is -2.49. The number of aromatic nitrogens is 2. The summed E-state index contributed by atoms with van der Waals surface area (Å²) >= 11 is 0. The second kappa shape index (κ2) is 7.95. The summed E-state index contributed by atoms with van der Waals surface area (Å²) in [7, 11) is 0. The standard InChI is InChI=1S/C22H20F2N4O/c23-17-6-1-14(2-7-17)3-10-20(29)28-12-16(13-28)21-19(11-26-22(25)27-21)15-4-8-18(24)9-5-15/h1-2,4-9,11,16H,3,10,12-13H2,(H2,25,26,27). The Morgan fingerprint density at radius 2 is 1.66 bits per heavy atom. The summed E-state index contributed by atoms with van der Waals surface area (Å²) in [6.45, 7) is 1.10. The van der Waals surface area contributed by atoms with Crippen LogP contribution in [-0.2, 0) is 11.2 Å². The van der Waals surface area contributed by atoms with Gasteiger partial charge in [-0.1, -0.05) is 24.3 Å². The van der Waals surface area contributed by atoms with Gasteiger partial charge in [-0.2, -0.15) is 0 Å². The van der Waals surface area contributed by atoms with Crippen molar-refractivity contribution >= 4 is 11.9 Å². The summed E-state index contributed by atoms with van der Waals surface area (Å²) in [5.41, 5.74) is 9.08. The lowest BCUT2D eigenvalue weighted by Gasteiger charge is -2.39. The zero-order valence-corrected chi connectivity index (χ0v) is 15.7. The molecule has 2 N–H and O–H groups in total. The highest BCUT2D eigenvalue weighted by molar-refractivity contribution is 5.78. The number of halogens is 2. The number of nitrogens with zero attached hydrogens (tertiary/aromatic N) is 3. The van der Waals surface area contributed by atoms with Gasteiger partial charge in [0.2, 0.25) is 11.9 Å². The third-order valence-corrected chi connectivity index (χ3v) is 5.15. The average Bonchev–Trinajstić information content (AvgIpc) is 2.67. The van der Waals surface area contributed by atoms with Crippen molar-refractivity contribution in [3.63, 3.8) is 0 Å². The maximum atomic E-state index is 13.2. The van der Waals surface area contributed by atoms with Crippen molar-refractivity contribution in [1.29, 1.82) is 0 Å². The van der Waals surface area contributed by atoms with Crippen molar-refractivity contribution in [1.82, 2.24) is 14.9 Å². The number of anilines is 1. The predicted molar refractivity (Wildman–Crippen MR) is 106 cm³/mol. The van der Waals surface area contributed by atoms with Crippen LogP contribution in [0.15, 0.2) is 54.7 Å². The molecule has 3 aromatic rings. The molecule has 0 radical (unpaired) electrons. The van der Waals surface area contributed by atoms with Crippen LogP contribution in [0.2, 0.25) is 0 Å². The van der Waals surface area contributed by atoms with Gasteiger partial charge in [-0.15, -0.1) is 0 Å². The fourth-order valence-corrected chi connectivity index (χ4v) is 3.49. The first-order valence-electron chi connectivity index (χ1n) is 9.40. The average molecular weight is 394 g/mol. The van der Waals surface area contributed by atoms with Gasteiger partial charge in [0.05, 0.1) is 5.69 Å². The largest absolute Gasteiger partial charge is 0.368 e. The summed E-state index contributed by atoms with van der Waals surface area (Å²) in [6, 6.07) is 12.3. The monoisotopic (exact) mass is 394 g/mol. The van der Waals surface area contributed by atoms with Crippen molar-refractivity contribution < 1.29 is 13.6 Å². The van der Waals surface area contributed by atoms with E-state index in [0.717, 1.165) is 22.4 Å². The first kappa shape index (κ1) is 19.0. The Morgan fingerprint density at radius 3 is 2.31 bits per heavy atom. The second-order valence-electron chi connectivity index (χ2n) is 7.16. The quantitative estimate of drug-likeness (QED) is 0.718. The molecule has 2 heterocycles. The van der Waals surface area contributed by atoms with E-state index in [0.29, 0.717) is 25.9 Å². The van der Waals surface area contributed by atoms with Gasteiger partial charge in [-0.25, -0.2) is 18.7 Å². The smallest absolute Gasteiger partial charge is 0.222 e. The summed E-state index contributed by atoms with van der Waals surface area (Å²) < 4.78 is 26.2. The van der Waals surface area contributed by atoms with Crippen LogP contribution in [0.3, 0.4) is 0 Å². The van der Waals surface area contributed by atoms with E-state index in [4.69, 9.17) is 5.73 Å². The highest BCUT2D eigenvalue weighted by atomic mass is 19.1. The van der Waals surface area contributed by atoms with E-state index in [9.17, 15) is 13.6 Å². The van der Waals surface area contributed by atoms with Crippen LogP contribution < -0.4 is 5.73 Å². The Hall–Kier alpha value is -3.35. The van der Waals surface area contributed by atoms with Gasteiger partial charge >= 0.3 is 0 Å². The molecular formula is C22H20F2N4O. The fraction of sp³-hybridized carbons (Fsp3) is 0.227. The van der Waals surface area contributed by atoms with Gasteiger partial charge in [-0.3, -0.25) is 4.79 Å². The van der Waals surface area contributed by atoms with Gasteiger partial charge in [0.25, 0.3) is 0 Å². The highest BCUT2D eigenvalue weighted by Gasteiger charge is 2.34. The molecule has 0 saturated carbocycles. The van der Waals surface area contributed by atoms with Gasteiger partial charge < -0.3 is 10.6 Å². The minimum atomic E-state index is -0.312. The molecule has 148 valence electrons. The second-order valence-corrected chi connectivity index (χ2v) is 7.16. The molecule has 0 unspecified atom stereocenters. The van der Waals surface area contributed by atoms with Crippen molar-refractivity contribution in [2.75, 3.05) is 18.8 Å². The normalized spacial score (nSPS) is 13.9. The number of nitrogen functional groups attached to an aromatic ring is 1. The molecule has 0 bridgehead atoms. The minimum absolute atomic E-state index is 0.0510. The molecule has 1 aromatic heterocycles. The van der Waals surface area contributed by atoms with Gasteiger partial charge in [-0.05, 0) is 41.8 Å². The van der Waals surface area contributed by atoms with Gasteiger partial charge in [0.15, 0.2) is 0 Å². The summed E-state index contributed by atoms with van der Waals surface area (Å²) in [4.78, 5) is 22.7. The molecule has 7 heteroatoms. The molecule has 0 atom stereocenters. The Bertz CT molecular complexity index is 1020. The van der Waals surface area contributed by atoms with Gasteiger partial charge in [0, 0.05) is 37.2 Å². The Morgan fingerprint density at radius 1 is 1.03 bits per heavy atom. The molecule has 4 rings (SSSR count). The number of amides is 1. The molecule has 5 nitrogen and oxygen atoms in total. The van der Waals surface area contributed by atoms with Gasteiger partial charge in [0.1, 0.15) is 11.6 Å². The van der Waals surface area contributed by atoms with Crippen LogP contribution in [0.25, 0.3) is 11.1 Å². The maximum Gasteiger partial charge on any atom is 0.222 e. The van der Waals surface area contributed by atoms with Crippen LogP contribution in [0.1, 0.15) is 23.6 Å². The number of aryl methyl sites for hydroxylation is 1. The number of benzene rings is 2. The lowest BCUT2D eigenvalue weighted by molar-refractivity contribution is -0.135. The molecule has 1 aliphatic heterocycles. The zero-order chi connectivity index (χ0) is 20.4. The van der Waals surface area contributed by atoms with Crippen LogP contribution in [0.4, 0.5) is 14.7 Å². The molecule has 29 heavy (non-hydrogen) atoms.